The van der Waals surface area contributed by atoms with E-state index in [1.54, 1.807) is 0 Å². The van der Waals surface area contributed by atoms with Crippen LogP contribution in [0, 0.1) is 5.92 Å². The van der Waals surface area contributed by atoms with E-state index in [1.807, 2.05) is 6.07 Å². The summed E-state index contributed by atoms with van der Waals surface area (Å²) in [5.41, 5.74) is 7.50. The van der Waals surface area contributed by atoms with Crippen molar-refractivity contribution in [3.8, 4) is 0 Å². The second-order valence-corrected chi connectivity index (χ2v) is 5.38. The summed E-state index contributed by atoms with van der Waals surface area (Å²) in [6.07, 6.45) is 2.65. The number of nitrogens with two attached hydrogens (primary N) is 1. The van der Waals surface area contributed by atoms with E-state index in [2.05, 4.69) is 41.1 Å². The molecule has 17 heavy (non-hydrogen) atoms. The van der Waals surface area contributed by atoms with Crippen molar-refractivity contribution in [2.24, 2.45) is 16.6 Å². The highest BCUT2D eigenvalue weighted by atomic mass is 15.4. The molecular weight excluding hydrogens is 210 g/mol. The van der Waals surface area contributed by atoms with Crippen LogP contribution in [0.25, 0.3) is 0 Å². The van der Waals surface area contributed by atoms with E-state index in [4.69, 9.17) is 5.73 Å². The van der Waals surface area contributed by atoms with Gasteiger partial charge in [-0.15, -0.1) is 0 Å². The molecule has 0 saturated heterocycles. The van der Waals surface area contributed by atoms with Crippen LogP contribution in [-0.2, 0) is 6.54 Å². The Hall–Kier alpha value is -1.51. The maximum atomic E-state index is 6.04. The maximum Gasteiger partial charge on any atom is 0.192 e. The van der Waals surface area contributed by atoms with Crippen LogP contribution in [0.2, 0.25) is 0 Å². The Labute approximate surface area is 102 Å². The smallest absolute Gasteiger partial charge is 0.192 e. The van der Waals surface area contributed by atoms with Crippen LogP contribution in [0.15, 0.2) is 35.3 Å². The lowest BCUT2D eigenvalue weighted by atomic mass is 9.94. The first kappa shape index (κ1) is 10.6. The second-order valence-electron chi connectivity index (χ2n) is 5.38. The number of benzene rings is 1. The molecule has 0 aromatic heterocycles. The predicted molar refractivity (Wildman–Crippen MR) is 69.6 cm³/mol. The highest BCUT2D eigenvalue weighted by Gasteiger charge is 2.49. The lowest BCUT2D eigenvalue weighted by Gasteiger charge is -2.36. The molecule has 1 unspecified atom stereocenters. The molecule has 1 aliphatic heterocycles. The highest BCUT2D eigenvalue weighted by Crippen LogP contribution is 2.45. The summed E-state index contributed by atoms with van der Waals surface area (Å²) in [5, 5.41) is 0. The summed E-state index contributed by atoms with van der Waals surface area (Å²) in [5.74, 6) is 1.49. The molecule has 3 nitrogen and oxygen atoms in total. The number of aliphatic imine (C=N–C) groups is 1. The molecule has 3 rings (SSSR count). The van der Waals surface area contributed by atoms with Crippen molar-refractivity contribution in [1.82, 2.24) is 4.90 Å². The van der Waals surface area contributed by atoms with Gasteiger partial charge in [-0.25, -0.2) is 0 Å². The third-order valence-electron chi connectivity index (χ3n) is 4.09. The van der Waals surface area contributed by atoms with E-state index in [0.29, 0.717) is 5.96 Å². The fourth-order valence-corrected chi connectivity index (χ4v) is 2.76. The third kappa shape index (κ3) is 1.79. The Morgan fingerprint density at radius 3 is 2.71 bits per heavy atom. The van der Waals surface area contributed by atoms with Gasteiger partial charge in [-0.2, -0.15) is 0 Å². The highest BCUT2D eigenvalue weighted by molar-refractivity contribution is 5.81. The Morgan fingerprint density at radius 1 is 1.35 bits per heavy atom. The van der Waals surface area contributed by atoms with Crippen LogP contribution in [0.1, 0.15) is 25.3 Å². The van der Waals surface area contributed by atoms with Gasteiger partial charge in [0.2, 0.25) is 0 Å². The van der Waals surface area contributed by atoms with Gasteiger partial charge in [-0.3, -0.25) is 4.99 Å². The van der Waals surface area contributed by atoms with E-state index in [-0.39, 0.29) is 5.54 Å². The van der Waals surface area contributed by atoms with E-state index >= 15 is 0 Å². The summed E-state index contributed by atoms with van der Waals surface area (Å²) < 4.78 is 0. The fourth-order valence-electron chi connectivity index (χ4n) is 2.76. The van der Waals surface area contributed by atoms with Gasteiger partial charge in [0.05, 0.1) is 12.1 Å². The maximum absolute atomic E-state index is 6.04. The summed E-state index contributed by atoms with van der Waals surface area (Å²) in [6.45, 7) is 4.04. The Balaban J connectivity index is 1.82. The summed E-state index contributed by atoms with van der Waals surface area (Å²) >= 11 is 0. The van der Waals surface area contributed by atoms with Crippen molar-refractivity contribution in [3.05, 3.63) is 35.9 Å². The first-order chi connectivity index (χ1) is 8.20. The molecule has 1 aliphatic carbocycles. The molecule has 1 aromatic rings. The van der Waals surface area contributed by atoms with E-state index < -0.39 is 0 Å². The van der Waals surface area contributed by atoms with Crippen LogP contribution in [-0.4, -0.2) is 22.9 Å². The Morgan fingerprint density at radius 2 is 2.06 bits per heavy atom. The largest absolute Gasteiger partial charge is 0.370 e. The molecule has 1 aromatic carbocycles. The molecule has 0 spiro atoms. The standard InChI is InChI=1S/C14H19N3/c1-14(12-7-8-12)10-16-13(15)17(14)9-11-5-3-2-4-6-11/h2-6,12H,7-10H2,1H3,(H2,15,16). The number of hydrogen-bond donors (Lipinski definition) is 1. The lowest BCUT2D eigenvalue weighted by Crippen LogP contribution is -2.50. The van der Waals surface area contributed by atoms with Crippen LogP contribution in [0.4, 0.5) is 0 Å². The molecule has 1 fully saturated rings. The summed E-state index contributed by atoms with van der Waals surface area (Å²) in [7, 11) is 0. The van der Waals surface area contributed by atoms with Crippen molar-refractivity contribution in [2.45, 2.75) is 31.8 Å². The average molecular weight is 229 g/mol. The minimum atomic E-state index is 0.153. The monoisotopic (exact) mass is 229 g/mol. The van der Waals surface area contributed by atoms with Crippen LogP contribution in [0.5, 0.6) is 0 Å². The van der Waals surface area contributed by atoms with Crippen molar-refractivity contribution < 1.29 is 0 Å². The van der Waals surface area contributed by atoms with E-state index in [1.165, 1.54) is 18.4 Å². The second kappa shape index (κ2) is 3.76. The molecule has 1 atom stereocenters. The minimum absolute atomic E-state index is 0.153. The van der Waals surface area contributed by atoms with Crippen molar-refractivity contribution >= 4 is 5.96 Å². The Bertz CT molecular complexity index is 436. The molecule has 1 heterocycles. The molecular formula is C14H19N3. The molecule has 0 radical (unpaired) electrons. The summed E-state index contributed by atoms with van der Waals surface area (Å²) in [4.78, 5) is 6.74. The van der Waals surface area contributed by atoms with E-state index in [9.17, 15) is 0 Å². The number of hydrogen-bond acceptors (Lipinski definition) is 3. The first-order valence-electron chi connectivity index (χ1n) is 6.31. The quantitative estimate of drug-likeness (QED) is 0.861. The van der Waals surface area contributed by atoms with Crippen LogP contribution >= 0.6 is 0 Å². The van der Waals surface area contributed by atoms with Gasteiger partial charge in [0.25, 0.3) is 0 Å². The Kier molecular flexibility index (Phi) is 2.35. The van der Waals surface area contributed by atoms with Crippen molar-refractivity contribution in [3.63, 3.8) is 0 Å². The summed E-state index contributed by atoms with van der Waals surface area (Å²) in [6, 6.07) is 10.5. The molecule has 1 saturated carbocycles. The molecule has 2 aliphatic rings. The van der Waals surface area contributed by atoms with Crippen LogP contribution < -0.4 is 5.73 Å². The zero-order valence-corrected chi connectivity index (χ0v) is 10.3. The van der Waals surface area contributed by atoms with Gasteiger partial charge in [0.1, 0.15) is 0 Å². The fraction of sp³-hybridized carbons (Fsp3) is 0.500. The van der Waals surface area contributed by atoms with Gasteiger partial charge < -0.3 is 10.6 Å². The molecule has 0 amide bonds. The van der Waals surface area contributed by atoms with Gasteiger partial charge in [0.15, 0.2) is 5.96 Å². The van der Waals surface area contributed by atoms with Crippen molar-refractivity contribution in [2.75, 3.05) is 6.54 Å². The predicted octanol–water partition coefficient (Wildman–Crippen LogP) is 1.99. The normalized spacial score (nSPS) is 28.3. The van der Waals surface area contributed by atoms with Gasteiger partial charge >= 0.3 is 0 Å². The molecule has 90 valence electrons. The SMILES string of the molecule is CC1(C2CC2)CN=C(N)N1Cc1ccccc1. The average Bonchev–Trinajstić information content (AvgIpc) is 3.15. The zero-order valence-electron chi connectivity index (χ0n) is 10.3. The zero-order chi connectivity index (χ0) is 11.9. The lowest BCUT2D eigenvalue weighted by molar-refractivity contribution is 0.185. The van der Waals surface area contributed by atoms with Crippen molar-refractivity contribution in [1.29, 1.82) is 0 Å². The minimum Gasteiger partial charge on any atom is -0.370 e. The van der Waals surface area contributed by atoms with Gasteiger partial charge in [-0.05, 0) is 31.2 Å². The van der Waals surface area contributed by atoms with E-state index in [0.717, 1.165) is 19.0 Å². The number of guanidine groups is 1. The molecule has 0 bridgehead atoms. The first-order valence-corrected chi connectivity index (χ1v) is 6.31. The molecule has 3 heteroatoms. The number of rotatable bonds is 3. The topological polar surface area (TPSA) is 41.6 Å². The molecule has 2 N–H and O–H groups in total. The third-order valence-corrected chi connectivity index (χ3v) is 4.09. The van der Waals surface area contributed by atoms with Gasteiger partial charge in [0, 0.05) is 6.54 Å². The van der Waals surface area contributed by atoms with Gasteiger partial charge in [-0.1, -0.05) is 30.3 Å². The number of nitrogens with zero attached hydrogens (tertiary/aromatic N) is 2. The van der Waals surface area contributed by atoms with Crippen LogP contribution in [0.3, 0.4) is 0 Å².